The van der Waals surface area contributed by atoms with Gasteiger partial charge < -0.3 is 24.8 Å². The van der Waals surface area contributed by atoms with Gasteiger partial charge in [0, 0.05) is 20.5 Å². The van der Waals surface area contributed by atoms with Gasteiger partial charge in [-0.1, -0.05) is 97.9 Å². The average molecular weight is 638 g/mol. The summed E-state index contributed by atoms with van der Waals surface area (Å²) in [6, 6.07) is 31.7. The first kappa shape index (κ1) is 31.8. The second kappa shape index (κ2) is 14.1. The molecule has 0 heterocycles. The van der Waals surface area contributed by atoms with Crippen molar-refractivity contribution in [3.8, 4) is 22.3 Å². The van der Waals surface area contributed by atoms with E-state index in [2.05, 4.69) is 98.9 Å². The zero-order valence-corrected chi connectivity index (χ0v) is 26.9. The topological polar surface area (TPSA) is 0 Å². The molecule has 1 unspecified atom stereocenters. The van der Waals surface area contributed by atoms with Gasteiger partial charge >= 0.3 is 26.2 Å². The molecule has 0 bridgehead atoms. The molecule has 5 heteroatoms. The summed E-state index contributed by atoms with van der Waals surface area (Å²) in [5.41, 5.74) is 13.7. The number of hydrogen-bond acceptors (Lipinski definition) is 0. The summed E-state index contributed by atoms with van der Waals surface area (Å²) >= 11 is 6.14. The van der Waals surface area contributed by atoms with Gasteiger partial charge in [0.15, 0.2) is 0 Å². The van der Waals surface area contributed by atoms with E-state index in [-0.39, 0.29) is 56.9 Å². The van der Waals surface area contributed by atoms with Crippen LogP contribution in [0.4, 0.5) is 0 Å². The molecule has 0 spiro atoms. The minimum absolute atomic E-state index is 0. The van der Waals surface area contributed by atoms with E-state index in [4.69, 9.17) is 11.6 Å². The number of hydrogen-bond donors (Lipinski definition) is 0. The summed E-state index contributed by atoms with van der Waals surface area (Å²) in [5.74, 6) is 0.275. The third-order valence-electron chi connectivity index (χ3n) is 6.82. The molecule has 37 heavy (non-hydrogen) atoms. The molecule has 0 nitrogen and oxygen atoms in total. The van der Waals surface area contributed by atoms with Crippen LogP contribution in [0.15, 0.2) is 84.4 Å². The van der Waals surface area contributed by atoms with Crippen LogP contribution >= 0.6 is 11.6 Å². The van der Waals surface area contributed by atoms with Crippen molar-refractivity contribution in [1.82, 2.24) is 0 Å². The Hall–Kier alpha value is -1.41. The predicted octanol–water partition coefficient (Wildman–Crippen LogP) is 3.11. The Kier molecular flexibility index (Phi) is 12.1. The van der Waals surface area contributed by atoms with E-state index in [0.29, 0.717) is 0 Å². The van der Waals surface area contributed by atoms with Gasteiger partial charge in [-0.2, -0.15) is 18.2 Å². The normalized spacial score (nSPS) is 13.8. The fourth-order valence-corrected chi connectivity index (χ4v) is 5.49. The molecular weight excluding hydrogens is 610 g/mol. The van der Waals surface area contributed by atoms with E-state index >= 15 is 0 Å². The Labute approximate surface area is 260 Å². The molecule has 0 amide bonds. The van der Waals surface area contributed by atoms with Crippen LogP contribution in [0, 0.1) is 6.07 Å². The van der Waals surface area contributed by atoms with Crippen molar-refractivity contribution in [2.75, 3.05) is 0 Å². The summed E-state index contributed by atoms with van der Waals surface area (Å²) in [6.45, 7) is 6.57. The second-order valence-corrected chi connectivity index (χ2v) is 10.4. The van der Waals surface area contributed by atoms with Crippen LogP contribution in [0.2, 0.25) is 18.1 Å². The maximum Gasteiger partial charge on any atom is 3.00 e. The zero-order valence-electron chi connectivity index (χ0n) is 21.2. The SMILES string of the molecule is CCC1=Cc2c(-c3ccc(Cl)cc3)cccc2C1c1[c-]ccc2c1Cc1ccccc1-2.C[Si]C.[Cl-].[Cl-].[Zr+3]. The smallest absolute Gasteiger partial charge is 1.00 e. The van der Waals surface area contributed by atoms with E-state index in [1.807, 2.05) is 12.1 Å². The van der Waals surface area contributed by atoms with Crippen LogP contribution in [0.1, 0.15) is 47.1 Å². The average Bonchev–Trinajstić information content (AvgIpc) is 3.43. The van der Waals surface area contributed by atoms with Gasteiger partial charge in [0.1, 0.15) is 0 Å². The molecule has 2 aliphatic rings. The van der Waals surface area contributed by atoms with Crippen LogP contribution in [0.3, 0.4) is 0 Å². The molecule has 6 rings (SSSR count). The summed E-state index contributed by atoms with van der Waals surface area (Å²) in [6.07, 6.45) is 4.45. The van der Waals surface area contributed by atoms with E-state index in [0.717, 1.165) is 27.4 Å². The number of allylic oxidation sites excluding steroid dienone is 1. The van der Waals surface area contributed by atoms with E-state index in [1.165, 1.54) is 55.6 Å². The fourth-order valence-electron chi connectivity index (χ4n) is 5.37. The van der Waals surface area contributed by atoms with Gasteiger partial charge in [0.05, 0.1) is 0 Å². The van der Waals surface area contributed by atoms with Crippen molar-refractivity contribution >= 4 is 27.2 Å². The van der Waals surface area contributed by atoms with Crippen LogP contribution < -0.4 is 24.8 Å². The molecule has 4 aromatic rings. The maximum absolute atomic E-state index is 6.14. The molecule has 1 atom stereocenters. The standard InChI is InChI=1S/C30H22Cl.C2H6Si.2ClH.Zr/c1-2-19-17-28-23(20-13-15-22(31)16-14-20)9-5-11-26(28)30(19)27-12-6-10-25-24-8-4-3-7-21(24)18-29(25)27;1-3-2;;;/h3-11,13-17,30H,2,18H2,1H3;1-2H3;2*1H;/q-1;;;;+3/p-2. The molecule has 0 N–H and O–H groups in total. The molecule has 0 aromatic heterocycles. The summed E-state index contributed by atoms with van der Waals surface area (Å²) in [5, 5.41) is 0.771. The monoisotopic (exact) mass is 635 g/mol. The Balaban J connectivity index is 0.000000767. The third kappa shape index (κ3) is 6.10. The Morgan fingerprint density at radius 1 is 0.865 bits per heavy atom. The van der Waals surface area contributed by atoms with Crippen molar-refractivity contribution in [2.45, 2.75) is 38.8 Å². The molecule has 0 fully saturated rings. The fraction of sp³-hybridized carbons (Fsp3) is 0.188. The van der Waals surface area contributed by atoms with E-state index < -0.39 is 0 Å². The van der Waals surface area contributed by atoms with Gasteiger partial charge in [-0.05, 0) is 58.4 Å². The van der Waals surface area contributed by atoms with Crippen LogP contribution in [-0.2, 0) is 32.6 Å². The largest absolute Gasteiger partial charge is 3.00 e. The summed E-state index contributed by atoms with van der Waals surface area (Å²) < 4.78 is 0. The molecule has 4 aromatic carbocycles. The maximum atomic E-state index is 6.14. The first-order valence-corrected chi connectivity index (χ1v) is 14.3. The van der Waals surface area contributed by atoms with Gasteiger partial charge in [-0.25, -0.2) is 0 Å². The molecule has 2 aliphatic carbocycles. The number of rotatable bonds is 3. The van der Waals surface area contributed by atoms with Crippen molar-refractivity contribution in [1.29, 1.82) is 0 Å². The first-order valence-electron chi connectivity index (χ1n) is 12.0. The molecular formula is C32H28Cl3SiZr. The van der Waals surface area contributed by atoms with Crippen molar-refractivity contribution in [3.05, 3.63) is 123 Å². The minimum atomic E-state index is 0. The van der Waals surface area contributed by atoms with Crippen molar-refractivity contribution in [3.63, 3.8) is 0 Å². The van der Waals surface area contributed by atoms with Crippen LogP contribution in [0.25, 0.3) is 28.3 Å². The minimum Gasteiger partial charge on any atom is -1.00 e. The molecule has 3 radical (unpaired) electrons. The quantitative estimate of drug-likeness (QED) is 0.211. The van der Waals surface area contributed by atoms with E-state index in [1.54, 1.807) is 0 Å². The van der Waals surface area contributed by atoms with Crippen LogP contribution in [-0.4, -0.2) is 9.52 Å². The first-order chi connectivity index (χ1) is 16.7. The van der Waals surface area contributed by atoms with Crippen LogP contribution in [0.5, 0.6) is 0 Å². The molecule has 0 saturated carbocycles. The van der Waals surface area contributed by atoms with Gasteiger partial charge in [-0.15, -0.1) is 16.7 Å². The Morgan fingerprint density at radius 2 is 1.54 bits per heavy atom. The zero-order chi connectivity index (χ0) is 23.7. The summed E-state index contributed by atoms with van der Waals surface area (Å²) in [7, 11) is 1.08. The van der Waals surface area contributed by atoms with E-state index in [9.17, 15) is 0 Å². The number of halogens is 3. The van der Waals surface area contributed by atoms with Gasteiger partial charge in [0.2, 0.25) is 0 Å². The Morgan fingerprint density at radius 3 is 2.24 bits per heavy atom. The number of fused-ring (bicyclic) bond motifs is 4. The second-order valence-electron chi connectivity index (χ2n) is 8.94. The molecule has 0 saturated heterocycles. The number of benzene rings is 4. The Bertz CT molecular complexity index is 1380. The summed E-state index contributed by atoms with van der Waals surface area (Å²) in [4.78, 5) is 0. The van der Waals surface area contributed by atoms with Crippen molar-refractivity contribution < 1.29 is 51.0 Å². The molecule has 185 valence electrons. The molecule has 0 aliphatic heterocycles. The van der Waals surface area contributed by atoms with Gasteiger partial charge in [0.25, 0.3) is 0 Å². The predicted molar refractivity (Wildman–Crippen MR) is 148 cm³/mol. The third-order valence-corrected chi connectivity index (χ3v) is 7.07. The van der Waals surface area contributed by atoms with Gasteiger partial charge in [-0.3, -0.25) is 0 Å². The van der Waals surface area contributed by atoms with Crippen molar-refractivity contribution in [2.24, 2.45) is 0 Å².